The van der Waals surface area contributed by atoms with Crippen LogP contribution in [0.4, 0.5) is 0 Å². The minimum Gasteiger partial charge on any atom is -0.460 e. The van der Waals surface area contributed by atoms with Gasteiger partial charge in [0.15, 0.2) is 0 Å². The normalized spacial score (nSPS) is 11.5. The topological polar surface area (TPSA) is 170 Å². The first-order chi connectivity index (χ1) is 20.5. The third-order valence-corrected chi connectivity index (χ3v) is 4.72. The zero-order chi connectivity index (χ0) is 30.8. The molecule has 0 aromatic carbocycles. The molecule has 15 heteroatoms. The molecule has 0 rings (SSSR count). The molecule has 0 spiro atoms. The van der Waals surface area contributed by atoms with Gasteiger partial charge in [0, 0.05) is 24.5 Å². The summed E-state index contributed by atoms with van der Waals surface area (Å²) in [5.41, 5.74) is 7.66. The summed E-state index contributed by atoms with van der Waals surface area (Å²) in [6.07, 6.45) is 0.234. The molecule has 0 heterocycles. The first kappa shape index (κ1) is 40.4. The third kappa shape index (κ3) is 36.4. The van der Waals surface area contributed by atoms with Crippen molar-refractivity contribution >= 4 is 5.97 Å². The van der Waals surface area contributed by atoms with Crippen molar-refractivity contribution in [3.05, 3.63) is 10.4 Å². The van der Waals surface area contributed by atoms with Gasteiger partial charge in [-0.25, -0.2) is 0 Å². The molecule has 1 N–H and O–H groups in total. The highest BCUT2D eigenvalue weighted by atomic mass is 16.6. The SMILES string of the molecule is CC(C)(C)OC(=O)CCOCCOCCOCCOCCNCCOCCOCCOCCOCCOCCN=[N+]=[N-]. The molecule has 0 amide bonds. The molecule has 0 radical (unpaired) electrons. The average Bonchev–Trinajstić information content (AvgIpc) is 2.94. The Hall–Kier alpha value is -1.62. The summed E-state index contributed by atoms with van der Waals surface area (Å²) < 4.78 is 53.9. The van der Waals surface area contributed by atoms with Gasteiger partial charge in [0.25, 0.3) is 0 Å². The molecule has 0 unspecified atom stereocenters. The van der Waals surface area contributed by atoms with Gasteiger partial charge in [-0.3, -0.25) is 4.79 Å². The summed E-state index contributed by atoms with van der Waals surface area (Å²) >= 11 is 0. The van der Waals surface area contributed by atoms with Gasteiger partial charge < -0.3 is 52.7 Å². The number of rotatable bonds is 33. The van der Waals surface area contributed by atoms with Crippen LogP contribution >= 0.6 is 0 Å². The van der Waals surface area contributed by atoms with Crippen LogP contribution < -0.4 is 5.32 Å². The molecule has 0 aromatic heterocycles. The third-order valence-electron chi connectivity index (χ3n) is 4.72. The van der Waals surface area contributed by atoms with E-state index >= 15 is 0 Å². The van der Waals surface area contributed by atoms with Crippen molar-refractivity contribution < 1.29 is 52.2 Å². The van der Waals surface area contributed by atoms with E-state index in [1.807, 2.05) is 20.8 Å². The van der Waals surface area contributed by atoms with Crippen molar-refractivity contribution in [2.24, 2.45) is 5.11 Å². The smallest absolute Gasteiger partial charge is 0.308 e. The average molecular weight is 611 g/mol. The van der Waals surface area contributed by atoms with E-state index in [0.717, 1.165) is 13.1 Å². The molecule has 248 valence electrons. The highest BCUT2D eigenvalue weighted by molar-refractivity contribution is 5.69. The Morgan fingerprint density at radius 1 is 0.571 bits per heavy atom. The van der Waals surface area contributed by atoms with Crippen molar-refractivity contribution in [2.45, 2.75) is 32.8 Å². The molecule has 0 aromatic rings. The Bertz CT molecular complexity index is 636. The van der Waals surface area contributed by atoms with Crippen molar-refractivity contribution in [2.75, 3.05) is 139 Å². The lowest BCUT2D eigenvalue weighted by Crippen LogP contribution is -2.25. The Morgan fingerprint density at radius 3 is 1.26 bits per heavy atom. The maximum atomic E-state index is 11.5. The van der Waals surface area contributed by atoms with Crippen LogP contribution in [0.25, 0.3) is 10.4 Å². The van der Waals surface area contributed by atoms with E-state index in [4.69, 9.17) is 52.9 Å². The predicted octanol–water partition coefficient (Wildman–Crippen LogP) is 1.77. The molecule has 0 fully saturated rings. The van der Waals surface area contributed by atoms with Crippen LogP contribution in [0.5, 0.6) is 0 Å². The van der Waals surface area contributed by atoms with E-state index in [2.05, 4.69) is 15.3 Å². The van der Waals surface area contributed by atoms with Crippen LogP contribution in [0, 0.1) is 0 Å². The van der Waals surface area contributed by atoms with Crippen LogP contribution in [0.15, 0.2) is 5.11 Å². The van der Waals surface area contributed by atoms with Crippen molar-refractivity contribution in [1.82, 2.24) is 5.32 Å². The first-order valence-electron chi connectivity index (χ1n) is 14.6. The van der Waals surface area contributed by atoms with E-state index in [0.29, 0.717) is 125 Å². The molecule has 42 heavy (non-hydrogen) atoms. The molecule has 0 atom stereocenters. The number of nitrogens with zero attached hydrogens (tertiary/aromatic N) is 3. The zero-order valence-electron chi connectivity index (χ0n) is 25.9. The summed E-state index contributed by atoms with van der Waals surface area (Å²) in [6.45, 7) is 16.1. The minimum atomic E-state index is -0.471. The van der Waals surface area contributed by atoms with E-state index in [1.54, 1.807) is 0 Å². The highest BCUT2D eigenvalue weighted by Gasteiger charge is 2.15. The number of nitrogens with one attached hydrogen (secondary N) is 1. The van der Waals surface area contributed by atoms with Crippen molar-refractivity contribution in [3.8, 4) is 0 Å². The molecule has 15 nitrogen and oxygen atoms in total. The molecule has 0 bridgehead atoms. The second-order valence-corrected chi connectivity index (χ2v) is 9.55. The van der Waals surface area contributed by atoms with Crippen molar-refractivity contribution in [1.29, 1.82) is 0 Å². The zero-order valence-corrected chi connectivity index (χ0v) is 25.9. The van der Waals surface area contributed by atoms with Gasteiger partial charge in [0.05, 0.1) is 125 Å². The Labute approximate surface area is 250 Å². The lowest BCUT2D eigenvalue weighted by Gasteiger charge is -2.19. The Morgan fingerprint density at radius 2 is 0.905 bits per heavy atom. The van der Waals surface area contributed by atoms with Gasteiger partial charge in [0.2, 0.25) is 0 Å². The van der Waals surface area contributed by atoms with E-state index in [1.165, 1.54) is 0 Å². The quantitative estimate of drug-likeness (QED) is 0.0376. The molecule has 0 aliphatic rings. The number of carbonyl (C=O) groups excluding carboxylic acids is 1. The number of hydrogen-bond acceptors (Lipinski definition) is 13. The van der Waals surface area contributed by atoms with E-state index in [9.17, 15) is 4.79 Å². The predicted molar refractivity (Wildman–Crippen MR) is 155 cm³/mol. The van der Waals surface area contributed by atoms with Crippen LogP contribution in [0.2, 0.25) is 0 Å². The largest absolute Gasteiger partial charge is 0.460 e. The van der Waals surface area contributed by atoms with Crippen LogP contribution in [0.1, 0.15) is 27.2 Å². The monoisotopic (exact) mass is 610 g/mol. The maximum absolute atomic E-state index is 11.5. The fraction of sp³-hybridized carbons (Fsp3) is 0.963. The fourth-order valence-corrected chi connectivity index (χ4v) is 2.86. The highest BCUT2D eigenvalue weighted by Crippen LogP contribution is 2.08. The van der Waals surface area contributed by atoms with Crippen LogP contribution in [0.3, 0.4) is 0 Å². The molecule has 0 saturated heterocycles. The van der Waals surface area contributed by atoms with Crippen LogP contribution in [-0.4, -0.2) is 150 Å². The summed E-state index contributed by atoms with van der Waals surface area (Å²) in [6, 6.07) is 0. The Kier molecular flexibility index (Phi) is 31.1. The van der Waals surface area contributed by atoms with Gasteiger partial charge in [-0.15, -0.1) is 0 Å². The van der Waals surface area contributed by atoms with Gasteiger partial charge in [-0.05, 0) is 26.3 Å². The van der Waals surface area contributed by atoms with E-state index < -0.39 is 5.60 Å². The summed E-state index contributed by atoms with van der Waals surface area (Å²) in [4.78, 5) is 14.2. The van der Waals surface area contributed by atoms with Gasteiger partial charge >= 0.3 is 5.97 Å². The second-order valence-electron chi connectivity index (χ2n) is 9.55. The van der Waals surface area contributed by atoms with Crippen LogP contribution in [-0.2, 0) is 52.2 Å². The minimum absolute atomic E-state index is 0.234. The second kappa shape index (κ2) is 32.3. The van der Waals surface area contributed by atoms with Gasteiger partial charge in [-0.2, -0.15) is 0 Å². The molecule has 0 aliphatic carbocycles. The first-order valence-corrected chi connectivity index (χ1v) is 14.6. The lowest BCUT2D eigenvalue weighted by molar-refractivity contribution is -0.156. The molecule has 0 saturated carbocycles. The standard InChI is InChI=1S/C27H54N4O11/c1-27(2,3)42-26(32)4-8-33-12-16-37-20-21-38-17-13-34-9-5-29-6-10-35-14-18-39-22-24-41-25-23-40-19-15-36-11-7-30-31-28/h29H,4-25H2,1-3H3. The molecular formula is C27H54N4O11. The molecular weight excluding hydrogens is 556 g/mol. The number of carbonyl (C=O) groups is 1. The number of azide groups is 1. The van der Waals surface area contributed by atoms with Gasteiger partial charge in [-0.1, -0.05) is 5.11 Å². The summed E-state index contributed by atoms with van der Waals surface area (Å²) in [5, 5.41) is 6.62. The fourth-order valence-electron chi connectivity index (χ4n) is 2.86. The number of esters is 1. The maximum Gasteiger partial charge on any atom is 0.308 e. The summed E-state index contributed by atoms with van der Waals surface area (Å²) in [5.74, 6) is -0.263. The molecule has 0 aliphatic heterocycles. The number of hydrogen-bond donors (Lipinski definition) is 1. The van der Waals surface area contributed by atoms with E-state index in [-0.39, 0.29) is 12.4 Å². The number of ether oxygens (including phenoxy) is 10. The van der Waals surface area contributed by atoms with Gasteiger partial charge in [0.1, 0.15) is 5.60 Å². The van der Waals surface area contributed by atoms with Crippen molar-refractivity contribution in [3.63, 3.8) is 0 Å². The lowest BCUT2D eigenvalue weighted by atomic mass is 10.2. The summed E-state index contributed by atoms with van der Waals surface area (Å²) in [7, 11) is 0. The Balaban J connectivity index is 3.10.